The van der Waals surface area contributed by atoms with Crippen molar-refractivity contribution in [3.8, 4) is 0 Å². The van der Waals surface area contributed by atoms with Crippen molar-refractivity contribution in [2.75, 3.05) is 0 Å². The van der Waals surface area contributed by atoms with Gasteiger partial charge in [0.15, 0.2) is 0 Å². The van der Waals surface area contributed by atoms with Crippen molar-refractivity contribution in [1.82, 2.24) is 0 Å². The summed E-state index contributed by atoms with van der Waals surface area (Å²) in [4.78, 5) is 23.1. The van der Waals surface area contributed by atoms with Crippen molar-refractivity contribution in [2.45, 2.75) is 91.4 Å². The number of fused-ring (bicyclic) bond motifs is 5. The predicted octanol–water partition coefficient (Wildman–Crippen LogP) is 5.72. The van der Waals surface area contributed by atoms with Crippen LogP contribution in [-0.2, 0) is 9.59 Å². The maximum absolute atomic E-state index is 12.0. The van der Waals surface area contributed by atoms with E-state index >= 15 is 0 Å². The molecule has 152 valence electrons. The molecule has 0 heterocycles. The third-order valence-electron chi connectivity index (χ3n) is 10.1. The lowest BCUT2D eigenvalue weighted by molar-refractivity contribution is -0.140. The molecule has 3 heteroatoms. The highest BCUT2D eigenvalue weighted by Crippen LogP contribution is 2.68. The van der Waals surface area contributed by atoms with Crippen LogP contribution in [0.25, 0.3) is 0 Å². The zero-order valence-electron chi connectivity index (χ0n) is 17.5. The lowest BCUT2D eigenvalue weighted by atomic mass is 9.44. The molecule has 0 bridgehead atoms. The third-order valence-corrected chi connectivity index (χ3v) is 10.1. The van der Waals surface area contributed by atoms with Crippen molar-refractivity contribution in [3.05, 3.63) is 0 Å². The molecule has 0 unspecified atom stereocenters. The highest BCUT2D eigenvalue weighted by molar-refractivity contribution is 5.79. The quantitative estimate of drug-likeness (QED) is 0.685. The second kappa shape index (κ2) is 6.88. The zero-order chi connectivity index (χ0) is 19.4. The van der Waals surface area contributed by atoms with Gasteiger partial charge in [-0.05, 0) is 97.7 Å². The van der Waals surface area contributed by atoms with Gasteiger partial charge < -0.3 is 5.11 Å². The first-order chi connectivity index (χ1) is 12.8. The summed E-state index contributed by atoms with van der Waals surface area (Å²) >= 11 is 0. The number of ketones is 1. The van der Waals surface area contributed by atoms with Crippen LogP contribution in [0, 0.1) is 46.3 Å². The number of hydrogen-bond donors (Lipinski definition) is 1. The molecule has 0 aromatic heterocycles. The molecule has 0 spiro atoms. The van der Waals surface area contributed by atoms with Crippen molar-refractivity contribution in [3.63, 3.8) is 0 Å². The molecule has 4 rings (SSSR count). The van der Waals surface area contributed by atoms with Crippen LogP contribution in [0.1, 0.15) is 91.4 Å². The Hall–Kier alpha value is -0.860. The monoisotopic (exact) mass is 374 g/mol. The maximum Gasteiger partial charge on any atom is 0.303 e. The molecule has 4 aliphatic rings. The van der Waals surface area contributed by atoms with Crippen LogP contribution in [0.2, 0.25) is 0 Å². The molecule has 3 nitrogen and oxygen atoms in total. The number of carboxylic acid groups (broad SMARTS) is 1. The average Bonchev–Trinajstić information content (AvgIpc) is 2.97. The fraction of sp³-hybridized carbons (Fsp3) is 0.917. The van der Waals surface area contributed by atoms with Gasteiger partial charge in [0, 0.05) is 19.3 Å². The Morgan fingerprint density at radius 3 is 2.56 bits per heavy atom. The molecule has 4 fully saturated rings. The van der Waals surface area contributed by atoms with E-state index in [4.69, 9.17) is 5.11 Å². The Labute approximate surface area is 164 Å². The van der Waals surface area contributed by atoms with Crippen LogP contribution in [-0.4, -0.2) is 16.9 Å². The van der Waals surface area contributed by atoms with Gasteiger partial charge in [-0.25, -0.2) is 0 Å². The van der Waals surface area contributed by atoms with Gasteiger partial charge >= 0.3 is 5.97 Å². The van der Waals surface area contributed by atoms with Crippen LogP contribution in [0.15, 0.2) is 0 Å². The van der Waals surface area contributed by atoms with Gasteiger partial charge in [-0.2, -0.15) is 0 Å². The van der Waals surface area contributed by atoms with E-state index in [1.165, 1.54) is 38.5 Å². The van der Waals surface area contributed by atoms with E-state index in [0.29, 0.717) is 40.8 Å². The molecular weight excluding hydrogens is 336 g/mol. The van der Waals surface area contributed by atoms with Crippen molar-refractivity contribution < 1.29 is 14.7 Å². The van der Waals surface area contributed by atoms with E-state index in [2.05, 4.69) is 20.8 Å². The first kappa shape index (κ1) is 19.5. The molecule has 8 atom stereocenters. The fourth-order valence-electron chi connectivity index (χ4n) is 8.57. The molecule has 0 aromatic carbocycles. The van der Waals surface area contributed by atoms with Crippen LogP contribution in [0.3, 0.4) is 0 Å². The molecule has 4 saturated carbocycles. The third kappa shape index (κ3) is 3.08. The Morgan fingerprint density at radius 1 is 1.07 bits per heavy atom. The smallest absolute Gasteiger partial charge is 0.303 e. The van der Waals surface area contributed by atoms with E-state index in [9.17, 15) is 9.59 Å². The summed E-state index contributed by atoms with van der Waals surface area (Å²) in [5.74, 6) is 4.19. The summed E-state index contributed by atoms with van der Waals surface area (Å²) < 4.78 is 0. The number of aliphatic carboxylic acids is 1. The first-order valence-electron chi connectivity index (χ1n) is 11.5. The number of carbonyl (C=O) groups is 2. The summed E-state index contributed by atoms with van der Waals surface area (Å²) in [6.07, 6.45) is 11.8. The predicted molar refractivity (Wildman–Crippen MR) is 106 cm³/mol. The Balaban J connectivity index is 1.52. The van der Waals surface area contributed by atoms with E-state index < -0.39 is 5.97 Å². The van der Waals surface area contributed by atoms with E-state index in [1.54, 1.807) is 0 Å². The van der Waals surface area contributed by atoms with Crippen molar-refractivity contribution >= 4 is 11.8 Å². The SMILES string of the molecule is C[C@@H](CCC(=O)O)[C@H]1CC[C@@H]2[C@@H]3CC[C@@H]4CC(=O)CC[C@]4(C)[C@H]3CC[C@@]21C. The van der Waals surface area contributed by atoms with Crippen LogP contribution < -0.4 is 0 Å². The number of rotatable bonds is 4. The zero-order valence-corrected chi connectivity index (χ0v) is 17.5. The first-order valence-corrected chi connectivity index (χ1v) is 11.5. The molecule has 0 aromatic rings. The topological polar surface area (TPSA) is 54.4 Å². The van der Waals surface area contributed by atoms with Gasteiger partial charge in [0.1, 0.15) is 5.78 Å². The fourth-order valence-corrected chi connectivity index (χ4v) is 8.57. The summed E-state index contributed by atoms with van der Waals surface area (Å²) in [6.45, 7) is 7.37. The van der Waals surface area contributed by atoms with Gasteiger partial charge in [0.2, 0.25) is 0 Å². The second-order valence-corrected chi connectivity index (χ2v) is 11.0. The van der Waals surface area contributed by atoms with Crippen LogP contribution in [0.5, 0.6) is 0 Å². The Bertz CT molecular complexity index is 613. The molecule has 27 heavy (non-hydrogen) atoms. The maximum atomic E-state index is 12.0. The highest BCUT2D eigenvalue weighted by Gasteiger charge is 2.60. The molecule has 0 saturated heterocycles. The summed E-state index contributed by atoms with van der Waals surface area (Å²) in [5.41, 5.74) is 0.804. The lowest BCUT2D eigenvalue weighted by Crippen LogP contribution is -2.53. The summed E-state index contributed by atoms with van der Waals surface area (Å²) in [7, 11) is 0. The van der Waals surface area contributed by atoms with Crippen LogP contribution >= 0.6 is 0 Å². The van der Waals surface area contributed by atoms with E-state index in [0.717, 1.165) is 43.4 Å². The summed E-state index contributed by atoms with van der Waals surface area (Å²) in [5, 5.41) is 9.09. The number of hydrogen-bond acceptors (Lipinski definition) is 2. The molecule has 0 radical (unpaired) electrons. The standard InChI is InChI=1S/C24H38O3/c1-15(4-9-22(26)27)19-7-8-20-18-6-5-16-14-17(25)10-12-23(16,2)21(18)11-13-24(19,20)3/h15-16,18-21H,4-14H2,1-3H3,(H,26,27)/t15-,16+,18-,19+,20+,21-,23-,24+/m0/s1. The average molecular weight is 375 g/mol. The minimum atomic E-state index is -0.650. The van der Waals surface area contributed by atoms with Gasteiger partial charge in [0.05, 0.1) is 0 Å². The lowest BCUT2D eigenvalue weighted by Gasteiger charge is -2.60. The van der Waals surface area contributed by atoms with Gasteiger partial charge in [0.25, 0.3) is 0 Å². The van der Waals surface area contributed by atoms with Crippen LogP contribution in [0.4, 0.5) is 0 Å². The van der Waals surface area contributed by atoms with Crippen molar-refractivity contribution in [1.29, 1.82) is 0 Å². The molecule has 0 amide bonds. The number of carboxylic acids is 1. The molecule has 1 N–H and O–H groups in total. The minimum absolute atomic E-state index is 0.318. The largest absolute Gasteiger partial charge is 0.481 e. The molecule has 0 aliphatic heterocycles. The van der Waals surface area contributed by atoms with E-state index in [-0.39, 0.29) is 0 Å². The highest BCUT2D eigenvalue weighted by atomic mass is 16.4. The Kier molecular flexibility index (Phi) is 4.96. The molecule has 4 aliphatic carbocycles. The number of carbonyl (C=O) groups excluding carboxylic acids is 1. The van der Waals surface area contributed by atoms with Gasteiger partial charge in [-0.1, -0.05) is 20.8 Å². The van der Waals surface area contributed by atoms with Crippen molar-refractivity contribution in [2.24, 2.45) is 46.3 Å². The minimum Gasteiger partial charge on any atom is -0.481 e. The van der Waals surface area contributed by atoms with Gasteiger partial charge in [-0.3, -0.25) is 9.59 Å². The van der Waals surface area contributed by atoms with Gasteiger partial charge in [-0.15, -0.1) is 0 Å². The number of Topliss-reactive ketones (excluding diaryl/α,β-unsaturated/α-hetero) is 1. The normalized spacial score (nSPS) is 47.7. The second-order valence-electron chi connectivity index (χ2n) is 11.0. The Morgan fingerprint density at radius 2 is 1.81 bits per heavy atom. The summed E-state index contributed by atoms with van der Waals surface area (Å²) in [6, 6.07) is 0. The molecular formula is C24H38O3. The van der Waals surface area contributed by atoms with E-state index in [1.807, 2.05) is 0 Å².